The van der Waals surface area contributed by atoms with Gasteiger partial charge in [0.2, 0.25) is 0 Å². The van der Waals surface area contributed by atoms with Crippen LogP contribution in [0.2, 0.25) is 0 Å². The predicted octanol–water partition coefficient (Wildman–Crippen LogP) is 2.49. The van der Waals surface area contributed by atoms with E-state index >= 15 is 0 Å². The maximum absolute atomic E-state index is 12.7. The summed E-state index contributed by atoms with van der Waals surface area (Å²) in [4.78, 5) is 38.2. The molecule has 1 aromatic rings. The van der Waals surface area contributed by atoms with Gasteiger partial charge >= 0.3 is 5.97 Å². The molecule has 3 rings (SSSR count). The highest BCUT2D eigenvalue weighted by atomic mass is 32.2. The average Bonchev–Trinajstić information content (AvgIpc) is 3.05. The second kappa shape index (κ2) is 10.1. The molecule has 0 unspecified atom stereocenters. The highest BCUT2D eigenvalue weighted by Gasteiger charge is 2.32. The number of esters is 1. The highest BCUT2D eigenvalue weighted by Crippen LogP contribution is 2.30. The molecule has 0 radical (unpaired) electrons. The number of aromatic hydroxyl groups is 1. The first-order valence-electron chi connectivity index (χ1n) is 9.62. The van der Waals surface area contributed by atoms with Gasteiger partial charge in [0.25, 0.3) is 5.91 Å². The lowest BCUT2D eigenvalue weighted by Gasteiger charge is -2.16. The molecule has 162 valence electrons. The number of carbonyl (C=O) groups is 3. The molecule has 0 fully saturated rings. The van der Waals surface area contributed by atoms with Crippen molar-refractivity contribution in [2.45, 2.75) is 13.3 Å². The van der Waals surface area contributed by atoms with Gasteiger partial charge in [-0.15, -0.1) is 0 Å². The first kappa shape index (κ1) is 22.4. The number of phenols is 1. The monoisotopic (exact) mass is 442 g/mol. The van der Waals surface area contributed by atoms with Gasteiger partial charge in [0, 0.05) is 36.4 Å². The molecule has 1 amide bonds. The van der Waals surface area contributed by atoms with Crippen LogP contribution in [0.1, 0.15) is 23.7 Å². The third-order valence-corrected chi connectivity index (χ3v) is 4.96. The Labute approximate surface area is 184 Å². The van der Waals surface area contributed by atoms with E-state index in [4.69, 9.17) is 9.47 Å². The molecule has 0 saturated carbocycles. The Morgan fingerprint density at radius 3 is 2.84 bits per heavy atom. The Kier molecular flexibility index (Phi) is 7.33. The number of hydrogen-bond acceptors (Lipinski definition) is 8. The minimum Gasteiger partial charge on any atom is -0.507 e. The van der Waals surface area contributed by atoms with Crippen molar-refractivity contribution in [3.8, 4) is 11.5 Å². The quantitative estimate of drug-likeness (QED) is 0.285. The maximum atomic E-state index is 12.7. The van der Waals surface area contributed by atoms with Gasteiger partial charge in [0.05, 0.1) is 18.7 Å². The van der Waals surface area contributed by atoms with Gasteiger partial charge in [-0.2, -0.15) is 4.40 Å². The normalized spacial score (nSPS) is 15.0. The molecule has 0 spiro atoms. The number of carbonyl (C=O) groups excluding carboxylic acids is 3. The van der Waals surface area contributed by atoms with E-state index in [9.17, 15) is 19.5 Å². The van der Waals surface area contributed by atoms with E-state index < -0.39 is 11.8 Å². The number of hydrogen-bond donors (Lipinski definition) is 1. The Bertz CT molecular complexity index is 1040. The third kappa shape index (κ3) is 5.45. The smallest absolute Gasteiger partial charge is 0.344 e. The zero-order valence-electron chi connectivity index (χ0n) is 17.2. The van der Waals surface area contributed by atoms with Crippen molar-refractivity contribution < 1.29 is 29.0 Å². The van der Waals surface area contributed by atoms with Crippen molar-refractivity contribution in [1.82, 2.24) is 4.90 Å². The molecule has 1 aliphatic carbocycles. The summed E-state index contributed by atoms with van der Waals surface area (Å²) in [5.74, 6) is 1.74. The molecule has 31 heavy (non-hydrogen) atoms. The third-order valence-electron chi connectivity index (χ3n) is 4.68. The molecule has 9 heteroatoms. The second-order valence-corrected chi connectivity index (χ2v) is 7.34. The summed E-state index contributed by atoms with van der Waals surface area (Å²) >= 11 is 1.30. The van der Waals surface area contributed by atoms with Crippen LogP contribution in [0.3, 0.4) is 0 Å². The minimum absolute atomic E-state index is 0.0735. The molecule has 0 aromatic heterocycles. The van der Waals surface area contributed by atoms with Crippen LogP contribution in [0.4, 0.5) is 0 Å². The molecular formula is C22H22N2O6S. The lowest BCUT2D eigenvalue weighted by atomic mass is 9.97. The Morgan fingerprint density at radius 2 is 2.13 bits per heavy atom. The number of amides is 1. The molecule has 1 aliphatic heterocycles. The number of ketones is 1. The Morgan fingerprint density at radius 1 is 1.32 bits per heavy atom. The topological polar surface area (TPSA) is 106 Å². The fraction of sp³-hybridized carbons (Fsp3) is 0.318. The van der Waals surface area contributed by atoms with E-state index in [2.05, 4.69) is 10.3 Å². The molecule has 1 aromatic carbocycles. The van der Waals surface area contributed by atoms with E-state index in [-0.39, 0.29) is 42.7 Å². The predicted molar refractivity (Wildman–Crippen MR) is 116 cm³/mol. The van der Waals surface area contributed by atoms with Crippen LogP contribution in [0, 0.1) is 0 Å². The van der Waals surface area contributed by atoms with Gasteiger partial charge in [0.15, 0.2) is 12.4 Å². The molecule has 1 N–H and O–H groups in total. The molecular weight excluding hydrogens is 420 g/mol. The highest BCUT2D eigenvalue weighted by molar-refractivity contribution is 7.97. The number of Topliss-reactive ketones (excluding diaryl/α,β-unsaturated/α-hetero) is 1. The summed E-state index contributed by atoms with van der Waals surface area (Å²) in [5, 5.41) is 10.2. The summed E-state index contributed by atoms with van der Waals surface area (Å²) < 4.78 is 14.0. The molecule has 0 saturated heterocycles. The summed E-state index contributed by atoms with van der Waals surface area (Å²) in [6.45, 7) is 1.82. The Hall–Kier alpha value is -3.29. The van der Waals surface area contributed by atoms with Gasteiger partial charge < -0.3 is 19.5 Å². The van der Waals surface area contributed by atoms with E-state index in [1.54, 1.807) is 13.0 Å². The van der Waals surface area contributed by atoms with E-state index in [0.29, 0.717) is 18.5 Å². The summed E-state index contributed by atoms with van der Waals surface area (Å²) in [6, 6.07) is 4.14. The van der Waals surface area contributed by atoms with Crippen LogP contribution in [-0.2, 0) is 14.3 Å². The van der Waals surface area contributed by atoms with Gasteiger partial charge in [-0.1, -0.05) is 0 Å². The second-order valence-electron chi connectivity index (χ2n) is 6.80. The van der Waals surface area contributed by atoms with Crippen molar-refractivity contribution >= 4 is 35.5 Å². The summed E-state index contributed by atoms with van der Waals surface area (Å²) in [5.41, 5.74) is 2.47. The zero-order valence-corrected chi connectivity index (χ0v) is 18.0. The number of allylic oxidation sites excluding steroid dienone is 2. The van der Waals surface area contributed by atoms with Gasteiger partial charge in [-0.25, -0.2) is 4.79 Å². The van der Waals surface area contributed by atoms with Crippen LogP contribution in [0.15, 0.2) is 51.5 Å². The average molecular weight is 442 g/mol. The fourth-order valence-electron chi connectivity index (χ4n) is 3.27. The zero-order chi connectivity index (χ0) is 22.4. The van der Waals surface area contributed by atoms with Gasteiger partial charge in [-0.3, -0.25) is 9.59 Å². The van der Waals surface area contributed by atoms with Crippen molar-refractivity contribution in [2.75, 3.05) is 32.6 Å². The Balaban J connectivity index is 1.62. The first-order chi connectivity index (χ1) is 14.9. The fourth-order valence-corrected chi connectivity index (χ4v) is 3.48. The van der Waals surface area contributed by atoms with Crippen molar-refractivity contribution in [1.29, 1.82) is 0 Å². The number of rotatable bonds is 8. The van der Waals surface area contributed by atoms with E-state index in [1.807, 2.05) is 12.3 Å². The summed E-state index contributed by atoms with van der Waals surface area (Å²) in [6.07, 6.45) is 5.94. The standard InChI is InChI=1S/C22H22N2O6S/c1-3-29-21(27)13-30-16-5-7-18(19(25)9-16)20(26)12-24-11-15-8-14(10-23-31-2)4-6-17(15)22(24)28/h4-7,9,25H,3,8,11-13H2,1-2H3. The lowest BCUT2D eigenvalue weighted by molar-refractivity contribution is -0.145. The molecule has 2 aliphatic rings. The van der Waals surface area contributed by atoms with Crippen molar-refractivity contribution in [3.05, 3.63) is 52.6 Å². The minimum atomic E-state index is -0.530. The van der Waals surface area contributed by atoms with Crippen LogP contribution in [-0.4, -0.2) is 66.1 Å². The largest absolute Gasteiger partial charge is 0.507 e. The number of nitrogens with zero attached hydrogens (tertiary/aromatic N) is 2. The maximum Gasteiger partial charge on any atom is 0.344 e. The molecule has 1 heterocycles. The number of phenolic OH excluding ortho intramolecular Hbond substituents is 1. The van der Waals surface area contributed by atoms with E-state index in [0.717, 1.165) is 11.1 Å². The number of ether oxygens (including phenoxy) is 2. The van der Waals surface area contributed by atoms with Crippen LogP contribution < -0.4 is 4.74 Å². The van der Waals surface area contributed by atoms with Crippen LogP contribution in [0.5, 0.6) is 11.5 Å². The van der Waals surface area contributed by atoms with Crippen LogP contribution in [0.25, 0.3) is 0 Å². The van der Waals surface area contributed by atoms with Crippen molar-refractivity contribution in [3.63, 3.8) is 0 Å². The lowest BCUT2D eigenvalue weighted by Crippen LogP contribution is -2.32. The van der Waals surface area contributed by atoms with Gasteiger partial charge in [0.1, 0.15) is 11.5 Å². The number of benzene rings is 1. The van der Waals surface area contributed by atoms with Gasteiger partial charge in [-0.05, 0) is 54.6 Å². The summed E-state index contributed by atoms with van der Waals surface area (Å²) in [7, 11) is 0. The first-order valence-corrected chi connectivity index (χ1v) is 10.8. The SMILES string of the molecule is CCOC(=O)COc1ccc(C(=O)CN2CC3=C(C=CC(=C=NSC)C3)C2=O)c(O)c1. The molecule has 0 atom stereocenters. The van der Waals surface area contributed by atoms with E-state index in [1.165, 1.54) is 35.0 Å². The van der Waals surface area contributed by atoms with Crippen molar-refractivity contribution in [2.24, 2.45) is 4.40 Å². The molecule has 8 nitrogen and oxygen atoms in total. The van der Waals surface area contributed by atoms with Crippen LogP contribution >= 0.6 is 11.9 Å². The molecule has 0 bridgehead atoms.